The molecule has 0 radical (unpaired) electrons. The number of aromatic nitrogens is 2. The van der Waals surface area contributed by atoms with Crippen molar-refractivity contribution in [1.29, 1.82) is 0 Å². The van der Waals surface area contributed by atoms with Crippen molar-refractivity contribution in [3.63, 3.8) is 0 Å². The average molecular weight is 374 g/mol. The molecule has 0 atom stereocenters. The van der Waals surface area contributed by atoms with E-state index in [0.717, 1.165) is 37.0 Å². The molecule has 1 amide bonds. The Morgan fingerprint density at radius 2 is 1.92 bits per heavy atom. The van der Waals surface area contributed by atoms with E-state index in [9.17, 15) is 4.79 Å². The van der Waals surface area contributed by atoms with Crippen LogP contribution in [0.25, 0.3) is 0 Å². The van der Waals surface area contributed by atoms with Crippen molar-refractivity contribution < 1.29 is 14.3 Å². The van der Waals surface area contributed by atoms with Crippen LogP contribution in [-0.2, 0) is 11.2 Å². The van der Waals surface area contributed by atoms with Gasteiger partial charge in [-0.15, -0.1) is 10.2 Å². The van der Waals surface area contributed by atoms with Crippen molar-refractivity contribution in [2.75, 3.05) is 25.0 Å². The van der Waals surface area contributed by atoms with E-state index in [1.807, 2.05) is 12.1 Å². The van der Waals surface area contributed by atoms with Crippen LogP contribution in [-0.4, -0.2) is 46.9 Å². The van der Waals surface area contributed by atoms with Crippen LogP contribution in [0.4, 0.5) is 5.13 Å². The van der Waals surface area contributed by atoms with Crippen molar-refractivity contribution in [3.05, 3.63) is 29.3 Å². The number of para-hydroxylation sites is 2. The first-order chi connectivity index (χ1) is 12.7. The third-order valence-electron chi connectivity index (χ3n) is 4.75. The minimum absolute atomic E-state index is 0.381. The maximum atomic E-state index is 12.3. The summed E-state index contributed by atoms with van der Waals surface area (Å²) in [6.07, 6.45) is 2.39. The molecule has 26 heavy (non-hydrogen) atoms. The van der Waals surface area contributed by atoms with Gasteiger partial charge in [0.15, 0.2) is 11.5 Å². The predicted octanol–water partition coefficient (Wildman–Crippen LogP) is 2.55. The molecule has 1 saturated heterocycles. The van der Waals surface area contributed by atoms with Gasteiger partial charge in [0.25, 0.3) is 0 Å². The van der Waals surface area contributed by atoms with Gasteiger partial charge in [-0.2, -0.15) is 0 Å². The first kappa shape index (κ1) is 17.2. The standard InChI is InChI=1S/C18H22N4O3S/c1-12-6-9-22(10-7-12)11-8-15-20-21-18(26-15)19-16(23)17-24-13-4-2-3-5-14(13)25-17/h2-5,12,17H,6-11H2,1H3,(H,19,21,23). The topological polar surface area (TPSA) is 76.6 Å². The van der Waals surface area contributed by atoms with E-state index in [2.05, 4.69) is 27.3 Å². The zero-order valence-corrected chi connectivity index (χ0v) is 15.5. The second-order valence-corrected chi connectivity index (χ2v) is 7.84. The molecule has 7 nitrogen and oxygen atoms in total. The normalized spacial score (nSPS) is 18.2. The number of carbonyl (C=O) groups is 1. The summed E-state index contributed by atoms with van der Waals surface area (Å²) in [5, 5.41) is 12.4. The maximum absolute atomic E-state index is 12.3. The van der Waals surface area contributed by atoms with E-state index in [-0.39, 0.29) is 5.91 Å². The number of anilines is 1. The molecule has 1 aromatic heterocycles. The van der Waals surface area contributed by atoms with E-state index in [0.29, 0.717) is 16.6 Å². The van der Waals surface area contributed by atoms with E-state index in [1.54, 1.807) is 12.1 Å². The highest BCUT2D eigenvalue weighted by molar-refractivity contribution is 7.15. The summed E-state index contributed by atoms with van der Waals surface area (Å²) in [6, 6.07) is 7.21. The molecule has 1 fully saturated rings. The van der Waals surface area contributed by atoms with Crippen molar-refractivity contribution >= 4 is 22.4 Å². The zero-order valence-electron chi connectivity index (χ0n) is 14.7. The second kappa shape index (κ2) is 7.59. The summed E-state index contributed by atoms with van der Waals surface area (Å²) in [6.45, 7) is 5.60. The fourth-order valence-corrected chi connectivity index (χ4v) is 3.85. The van der Waals surface area contributed by atoms with Gasteiger partial charge in [0.2, 0.25) is 5.13 Å². The van der Waals surface area contributed by atoms with E-state index in [1.165, 1.54) is 24.2 Å². The predicted molar refractivity (Wildman–Crippen MR) is 98.6 cm³/mol. The van der Waals surface area contributed by atoms with Gasteiger partial charge in [-0.05, 0) is 44.0 Å². The third kappa shape index (κ3) is 3.96. The Labute approximate surface area is 156 Å². The van der Waals surface area contributed by atoms with Crippen LogP contribution in [0.2, 0.25) is 0 Å². The second-order valence-electron chi connectivity index (χ2n) is 6.78. The summed E-state index contributed by atoms with van der Waals surface area (Å²) < 4.78 is 11.0. The van der Waals surface area contributed by atoms with Crippen molar-refractivity contribution in [1.82, 2.24) is 15.1 Å². The Morgan fingerprint density at radius 3 is 2.62 bits per heavy atom. The molecule has 1 aromatic carbocycles. The van der Waals surface area contributed by atoms with E-state index < -0.39 is 6.29 Å². The number of nitrogens with zero attached hydrogens (tertiary/aromatic N) is 3. The van der Waals surface area contributed by atoms with Crippen LogP contribution in [0.15, 0.2) is 24.3 Å². The molecule has 4 rings (SSSR count). The summed E-state index contributed by atoms with van der Waals surface area (Å²) in [5.41, 5.74) is 0. The lowest BCUT2D eigenvalue weighted by molar-refractivity contribution is -0.131. The van der Waals surface area contributed by atoms with Crippen LogP contribution >= 0.6 is 11.3 Å². The van der Waals surface area contributed by atoms with Gasteiger partial charge in [-0.25, -0.2) is 0 Å². The van der Waals surface area contributed by atoms with Gasteiger partial charge >= 0.3 is 12.2 Å². The van der Waals surface area contributed by atoms with Gasteiger partial charge in [-0.1, -0.05) is 30.4 Å². The Morgan fingerprint density at radius 1 is 1.23 bits per heavy atom. The molecular formula is C18H22N4O3S. The number of fused-ring (bicyclic) bond motifs is 1. The Balaban J connectivity index is 1.26. The van der Waals surface area contributed by atoms with Crippen molar-refractivity contribution in [2.24, 2.45) is 5.92 Å². The van der Waals surface area contributed by atoms with Crippen LogP contribution < -0.4 is 14.8 Å². The molecular weight excluding hydrogens is 352 g/mol. The Bertz CT molecular complexity index is 748. The zero-order chi connectivity index (χ0) is 17.9. The number of benzene rings is 1. The molecule has 138 valence electrons. The number of hydrogen-bond acceptors (Lipinski definition) is 7. The molecule has 2 aromatic rings. The first-order valence-electron chi connectivity index (χ1n) is 8.95. The van der Waals surface area contributed by atoms with Gasteiger partial charge in [0, 0.05) is 13.0 Å². The van der Waals surface area contributed by atoms with Gasteiger partial charge in [0.05, 0.1) is 0 Å². The molecule has 2 aliphatic rings. The lowest BCUT2D eigenvalue weighted by atomic mass is 9.99. The fourth-order valence-electron chi connectivity index (χ4n) is 3.12. The molecule has 0 saturated carbocycles. The molecule has 0 unspecified atom stereocenters. The summed E-state index contributed by atoms with van der Waals surface area (Å²) in [5.74, 6) is 1.59. The SMILES string of the molecule is CC1CCN(CCc2nnc(NC(=O)C3Oc4ccccc4O3)s2)CC1. The fraction of sp³-hybridized carbons (Fsp3) is 0.500. The minimum Gasteiger partial charge on any atom is -0.442 e. The first-order valence-corrected chi connectivity index (χ1v) is 9.77. The van der Waals surface area contributed by atoms with Gasteiger partial charge in [-0.3, -0.25) is 10.1 Å². The molecule has 0 bridgehead atoms. The number of amides is 1. The van der Waals surface area contributed by atoms with Crippen LogP contribution in [0.5, 0.6) is 11.5 Å². The number of piperidine rings is 1. The van der Waals surface area contributed by atoms with Crippen LogP contribution in [0.1, 0.15) is 24.8 Å². The molecule has 0 aliphatic carbocycles. The van der Waals surface area contributed by atoms with Crippen molar-refractivity contribution in [3.8, 4) is 11.5 Å². The summed E-state index contributed by atoms with van der Waals surface area (Å²) in [4.78, 5) is 14.8. The highest BCUT2D eigenvalue weighted by Crippen LogP contribution is 2.34. The number of likely N-dealkylation sites (tertiary alicyclic amines) is 1. The Kier molecular flexibility index (Phi) is 5.03. The van der Waals surface area contributed by atoms with E-state index >= 15 is 0 Å². The largest absolute Gasteiger partial charge is 0.442 e. The average Bonchev–Trinajstić information content (AvgIpc) is 3.28. The molecule has 8 heteroatoms. The van der Waals surface area contributed by atoms with Crippen molar-refractivity contribution in [2.45, 2.75) is 32.5 Å². The number of rotatable bonds is 5. The smallest absolute Gasteiger partial charge is 0.322 e. The lowest BCUT2D eigenvalue weighted by Gasteiger charge is -2.29. The number of carbonyl (C=O) groups excluding carboxylic acids is 1. The molecule has 1 N–H and O–H groups in total. The summed E-state index contributed by atoms with van der Waals surface area (Å²) >= 11 is 1.40. The third-order valence-corrected chi connectivity index (χ3v) is 5.64. The van der Waals surface area contributed by atoms with Crippen LogP contribution in [0.3, 0.4) is 0 Å². The van der Waals surface area contributed by atoms with E-state index in [4.69, 9.17) is 9.47 Å². The summed E-state index contributed by atoms with van der Waals surface area (Å²) in [7, 11) is 0. The number of ether oxygens (including phenoxy) is 2. The Hall–Kier alpha value is -2.19. The lowest BCUT2D eigenvalue weighted by Crippen LogP contribution is -2.34. The highest BCUT2D eigenvalue weighted by atomic mass is 32.1. The van der Waals surface area contributed by atoms with Gasteiger partial charge in [0.1, 0.15) is 5.01 Å². The van der Waals surface area contributed by atoms with Gasteiger partial charge < -0.3 is 14.4 Å². The molecule has 2 aliphatic heterocycles. The number of hydrogen-bond donors (Lipinski definition) is 1. The maximum Gasteiger partial charge on any atom is 0.322 e. The quantitative estimate of drug-likeness (QED) is 0.867. The minimum atomic E-state index is -0.991. The molecule has 3 heterocycles. The number of nitrogens with one attached hydrogen (secondary N) is 1. The molecule has 0 spiro atoms. The highest BCUT2D eigenvalue weighted by Gasteiger charge is 2.31. The van der Waals surface area contributed by atoms with Crippen LogP contribution in [0, 0.1) is 5.92 Å². The monoisotopic (exact) mass is 374 g/mol.